The average Bonchev–Trinajstić information content (AvgIpc) is 2.96. The number of aromatic nitrogens is 2. The van der Waals surface area contributed by atoms with Gasteiger partial charge in [-0.25, -0.2) is 4.98 Å². The van der Waals surface area contributed by atoms with Gasteiger partial charge in [0.15, 0.2) is 0 Å². The molecule has 3 heteroatoms. The molecule has 0 saturated carbocycles. The summed E-state index contributed by atoms with van der Waals surface area (Å²) in [5.41, 5.74) is 4.81. The second-order valence-corrected chi connectivity index (χ2v) is 6.81. The summed E-state index contributed by atoms with van der Waals surface area (Å²) in [5.74, 6) is 0. The lowest BCUT2D eigenvalue weighted by atomic mass is 10.1. The molecule has 0 aromatic heterocycles. The maximum Gasteiger partial charge on any atom is 0.0908 e. The minimum Gasteiger partial charge on any atom is -0.350 e. The highest BCUT2D eigenvalue weighted by atomic mass is 15.3. The van der Waals surface area contributed by atoms with E-state index in [0.29, 0.717) is 0 Å². The Hall–Kier alpha value is -1.87. The Morgan fingerprint density at radius 1 is 1.09 bits per heavy atom. The molecule has 0 atom stereocenters. The Labute approximate surface area is 139 Å². The van der Waals surface area contributed by atoms with Crippen molar-refractivity contribution in [2.75, 3.05) is 26.7 Å². The number of benzene rings is 1. The van der Waals surface area contributed by atoms with Crippen LogP contribution in [0.1, 0.15) is 26.0 Å². The highest BCUT2D eigenvalue weighted by molar-refractivity contribution is 5.97. The van der Waals surface area contributed by atoms with Gasteiger partial charge in [0.05, 0.1) is 37.9 Å². The van der Waals surface area contributed by atoms with Crippen molar-refractivity contribution in [3.05, 3.63) is 42.2 Å². The molecule has 3 nitrogen and oxygen atoms in total. The Morgan fingerprint density at radius 3 is 2.57 bits per heavy atom. The van der Waals surface area contributed by atoms with Crippen molar-refractivity contribution in [3.8, 4) is 11.3 Å². The van der Waals surface area contributed by atoms with Crippen LogP contribution in [0.15, 0.2) is 36.5 Å². The van der Waals surface area contributed by atoms with Crippen LogP contribution in [0.4, 0.5) is 0 Å². The largest absolute Gasteiger partial charge is 0.350 e. The second kappa shape index (κ2) is 6.32. The van der Waals surface area contributed by atoms with Crippen LogP contribution >= 0.6 is 0 Å². The molecule has 2 aliphatic rings. The summed E-state index contributed by atoms with van der Waals surface area (Å²) in [4.78, 5) is 4.84. The predicted octanol–water partition coefficient (Wildman–Crippen LogP) is 4.33. The maximum absolute atomic E-state index is 4.84. The lowest BCUT2D eigenvalue weighted by Crippen LogP contribution is -2.44. The minimum absolute atomic E-state index is 1.07. The number of rotatable bonds is 6. The first-order chi connectivity index (χ1) is 11.1. The number of nitrogens with zero attached hydrogens (tertiary/aromatic N) is 3. The zero-order chi connectivity index (χ0) is 16.4. The molecule has 0 spiro atoms. The van der Waals surface area contributed by atoms with Gasteiger partial charge in [-0.05, 0) is 32.9 Å². The fraction of sp³-hybridized carbons (Fsp3) is 0.450. The van der Waals surface area contributed by atoms with Gasteiger partial charge in [0.25, 0.3) is 0 Å². The van der Waals surface area contributed by atoms with Crippen LogP contribution in [0.3, 0.4) is 0 Å². The van der Waals surface area contributed by atoms with Crippen molar-refractivity contribution in [1.82, 2.24) is 9.55 Å². The van der Waals surface area contributed by atoms with Gasteiger partial charge < -0.3 is 9.05 Å². The first kappa shape index (κ1) is 16.0. The molecule has 0 unspecified atom stereocenters. The van der Waals surface area contributed by atoms with E-state index in [9.17, 15) is 0 Å². The van der Waals surface area contributed by atoms with Crippen LogP contribution in [0, 0.1) is 6.92 Å². The van der Waals surface area contributed by atoms with E-state index in [-0.39, 0.29) is 0 Å². The molecule has 1 aromatic carbocycles. The van der Waals surface area contributed by atoms with Gasteiger partial charge in [0.2, 0.25) is 0 Å². The van der Waals surface area contributed by atoms with Crippen LogP contribution in [-0.2, 0) is 6.54 Å². The van der Waals surface area contributed by atoms with E-state index < -0.39 is 0 Å². The van der Waals surface area contributed by atoms with Gasteiger partial charge in [-0.1, -0.05) is 18.2 Å². The first-order valence-corrected chi connectivity index (χ1v) is 8.75. The molecule has 0 N–H and O–H groups in total. The first-order valence-electron chi connectivity index (χ1n) is 8.75. The van der Waals surface area contributed by atoms with Crippen LogP contribution in [0.2, 0.25) is 0 Å². The summed E-state index contributed by atoms with van der Waals surface area (Å²) >= 11 is 0. The predicted molar refractivity (Wildman–Crippen MR) is 97.8 cm³/mol. The van der Waals surface area contributed by atoms with E-state index in [2.05, 4.69) is 68.9 Å². The van der Waals surface area contributed by atoms with Crippen LogP contribution in [0.5, 0.6) is 0 Å². The zero-order valence-corrected chi connectivity index (χ0v) is 14.8. The van der Waals surface area contributed by atoms with Crippen LogP contribution in [0.25, 0.3) is 22.2 Å². The van der Waals surface area contributed by atoms with E-state index in [1.807, 2.05) is 0 Å². The Balaban J connectivity index is 1.84. The summed E-state index contributed by atoms with van der Waals surface area (Å²) in [6, 6.07) is 10.6. The second-order valence-electron chi connectivity index (χ2n) is 6.81. The average molecular weight is 310 g/mol. The molecule has 0 aliphatic carbocycles. The summed E-state index contributed by atoms with van der Waals surface area (Å²) in [7, 11) is 2.35. The van der Waals surface area contributed by atoms with Gasteiger partial charge in [0.1, 0.15) is 0 Å². The molecule has 0 fully saturated rings. The van der Waals surface area contributed by atoms with Gasteiger partial charge in [-0.15, -0.1) is 0 Å². The molecular weight excluding hydrogens is 282 g/mol. The quantitative estimate of drug-likeness (QED) is 0.620. The number of quaternary nitrogens is 1. The van der Waals surface area contributed by atoms with Crippen molar-refractivity contribution in [2.24, 2.45) is 0 Å². The molecular formula is C20H28N3+. The topological polar surface area (TPSA) is 17.8 Å². The third-order valence-corrected chi connectivity index (χ3v) is 5.50. The summed E-state index contributed by atoms with van der Waals surface area (Å²) in [6.07, 6.45) is 3.43. The molecule has 23 heavy (non-hydrogen) atoms. The normalized spacial score (nSPS) is 12.3. The van der Waals surface area contributed by atoms with Crippen molar-refractivity contribution in [1.29, 1.82) is 0 Å². The van der Waals surface area contributed by atoms with Gasteiger partial charge >= 0.3 is 0 Å². The fourth-order valence-corrected chi connectivity index (χ4v) is 3.37. The van der Waals surface area contributed by atoms with Crippen LogP contribution in [-0.4, -0.2) is 40.7 Å². The number of fused-ring (bicyclic) bond motifs is 3. The maximum atomic E-state index is 4.84. The zero-order valence-electron chi connectivity index (χ0n) is 14.8. The molecule has 0 saturated heterocycles. The SMILES string of the molecule is CC[N+](C)(CC)CCCn1ccc2c3ccccc3nc-2c1C. The molecule has 0 amide bonds. The van der Waals surface area contributed by atoms with E-state index in [4.69, 9.17) is 4.98 Å². The monoisotopic (exact) mass is 310 g/mol. The Morgan fingerprint density at radius 2 is 1.83 bits per heavy atom. The molecule has 2 heterocycles. The van der Waals surface area contributed by atoms with Gasteiger partial charge in [-0.2, -0.15) is 0 Å². The number of para-hydroxylation sites is 1. The van der Waals surface area contributed by atoms with Gasteiger partial charge in [0, 0.05) is 35.8 Å². The molecule has 3 rings (SSSR count). The summed E-state index contributed by atoms with van der Waals surface area (Å²) in [6.45, 7) is 11.5. The van der Waals surface area contributed by atoms with E-state index in [1.165, 1.54) is 42.7 Å². The highest BCUT2D eigenvalue weighted by Gasteiger charge is 2.17. The van der Waals surface area contributed by atoms with Gasteiger partial charge in [-0.3, -0.25) is 0 Å². The fourth-order valence-electron chi connectivity index (χ4n) is 3.37. The third kappa shape index (κ3) is 2.98. The summed E-state index contributed by atoms with van der Waals surface area (Å²) < 4.78 is 3.52. The highest BCUT2D eigenvalue weighted by Crippen LogP contribution is 2.32. The van der Waals surface area contributed by atoms with Crippen molar-refractivity contribution < 1.29 is 4.48 Å². The smallest absolute Gasteiger partial charge is 0.0908 e. The van der Waals surface area contributed by atoms with Crippen LogP contribution < -0.4 is 0 Å². The lowest BCUT2D eigenvalue weighted by Gasteiger charge is -2.32. The molecule has 0 radical (unpaired) electrons. The number of pyridine rings is 1. The molecule has 122 valence electrons. The Bertz CT molecular complexity index is 768. The van der Waals surface area contributed by atoms with Crippen molar-refractivity contribution >= 4 is 10.9 Å². The van der Waals surface area contributed by atoms with E-state index in [0.717, 1.165) is 22.2 Å². The van der Waals surface area contributed by atoms with E-state index >= 15 is 0 Å². The molecule has 2 aliphatic heterocycles. The third-order valence-electron chi connectivity index (χ3n) is 5.50. The summed E-state index contributed by atoms with van der Waals surface area (Å²) in [5, 5.41) is 1.26. The lowest BCUT2D eigenvalue weighted by molar-refractivity contribution is -0.906. The Kier molecular flexibility index (Phi) is 4.40. The minimum atomic E-state index is 1.07. The van der Waals surface area contributed by atoms with Crippen molar-refractivity contribution in [3.63, 3.8) is 0 Å². The number of aryl methyl sites for hydroxylation is 1. The number of hydrogen-bond donors (Lipinski definition) is 0. The van der Waals surface area contributed by atoms with E-state index in [1.54, 1.807) is 0 Å². The molecule has 1 aromatic rings. The number of hydrogen-bond acceptors (Lipinski definition) is 1. The van der Waals surface area contributed by atoms with Crippen molar-refractivity contribution in [2.45, 2.75) is 33.7 Å². The standard InChI is InChI=1S/C20H28N3/c1-5-23(4,6-2)15-9-13-22-14-12-18-17-10-7-8-11-19(17)21-20(18)16(22)3/h7-8,10-12,14H,5-6,9,13,15H2,1-4H3/q+1. The molecule has 0 bridgehead atoms.